The van der Waals surface area contributed by atoms with E-state index < -0.39 is 0 Å². The number of unbranched alkanes of at least 4 members (excludes halogenated alkanes) is 4. The summed E-state index contributed by atoms with van der Waals surface area (Å²) < 4.78 is 4.05. The number of aromatic amines is 2. The maximum Gasteiger partial charge on any atom is 0.148 e. The molecule has 0 aliphatic carbocycles. The zero-order valence-electron chi connectivity index (χ0n) is 12.2. The molecule has 3 nitrogen and oxygen atoms in total. The highest BCUT2D eigenvalue weighted by Gasteiger charge is 1.98. The van der Waals surface area contributed by atoms with Crippen LogP contribution in [0.1, 0.15) is 44.6 Å². The van der Waals surface area contributed by atoms with Gasteiger partial charge in [0.1, 0.15) is 14.2 Å². The van der Waals surface area contributed by atoms with Gasteiger partial charge in [-0.3, -0.25) is 9.59 Å². The normalized spacial score (nSPS) is 9.95. The second kappa shape index (κ2) is 10.7. The van der Waals surface area contributed by atoms with E-state index >= 15 is 0 Å². The SMILES string of the molecule is CCCCCCCc1ccccc1O.S=c1[nH][nH]sc1=S. The van der Waals surface area contributed by atoms with Crippen LogP contribution >= 0.6 is 36.0 Å². The molecule has 0 saturated heterocycles. The molecular weight excluding hydrogens is 320 g/mol. The van der Waals surface area contributed by atoms with Crippen LogP contribution in [0, 0.1) is 8.46 Å². The van der Waals surface area contributed by atoms with Crippen LogP contribution in [0.5, 0.6) is 5.75 Å². The Balaban J connectivity index is 0.000000262. The van der Waals surface area contributed by atoms with Gasteiger partial charge in [-0.15, -0.1) is 0 Å². The first kappa shape index (κ1) is 18.1. The van der Waals surface area contributed by atoms with E-state index in [1.54, 1.807) is 6.07 Å². The van der Waals surface area contributed by atoms with Gasteiger partial charge in [0, 0.05) is 0 Å². The molecule has 6 heteroatoms. The summed E-state index contributed by atoms with van der Waals surface area (Å²) in [6.45, 7) is 2.23. The summed E-state index contributed by atoms with van der Waals surface area (Å²) in [5.41, 5.74) is 1.09. The highest BCUT2D eigenvalue weighted by atomic mass is 32.2. The number of hydrogen-bond donors (Lipinski definition) is 3. The van der Waals surface area contributed by atoms with Crippen molar-refractivity contribution < 1.29 is 5.11 Å². The lowest BCUT2D eigenvalue weighted by Gasteiger charge is -2.03. The van der Waals surface area contributed by atoms with Crippen LogP contribution in [0.3, 0.4) is 0 Å². The van der Waals surface area contributed by atoms with Crippen molar-refractivity contribution in [3.63, 3.8) is 0 Å². The summed E-state index contributed by atoms with van der Waals surface area (Å²) >= 11 is 10.8. The Labute approximate surface area is 140 Å². The van der Waals surface area contributed by atoms with Gasteiger partial charge >= 0.3 is 0 Å². The summed E-state index contributed by atoms with van der Waals surface area (Å²) in [6.07, 6.45) is 7.43. The highest BCUT2D eigenvalue weighted by Crippen LogP contribution is 2.18. The number of hydrogen-bond acceptors (Lipinski definition) is 4. The molecule has 3 N–H and O–H groups in total. The number of aromatic nitrogens is 2. The molecule has 2 rings (SSSR count). The summed E-state index contributed by atoms with van der Waals surface area (Å²) in [7, 11) is 0. The Kier molecular flexibility index (Phi) is 9.21. The molecular formula is C15H22N2OS3. The molecule has 1 aromatic heterocycles. The fourth-order valence-electron chi connectivity index (χ4n) is 1.86. The summed E-state index contributed by atoms with van der Waals surface area (Å²) in [4.78, 5) is 0. The number of phenols is 1. The van der Waals surface area contributed by atoms with Crippen molar-refractivity contribution in [1.82, 2.24) is 9.59 Å². The van der Waals surface area contributed by atoms with Crippen molar-refractivity contribution in [2.45, 2.75) is 45.4 Å². The molecule has 0 spiro atoms. The lowest BCUT2D eigenvalue weighted by atomic mass is 10.0. The molecule has 0 amide bonds. The standard InChI is InChI=1S/C13H20O.C2H2N2S3/c1-2-3-4-5-6-9-12-10-7-8-11-13(12)14;5-1-2(6)7-4-3-1/h7-8,10-11,14H,2-6,9H2,1H3;4H,(H,3,5). The largest absolute Gasteiger partial charge is 0.508 e. The van der Waals surface area contributed by atoms with Crippen LogP contribution in [0.15, 0.2) is 24.3 Å². The van der Waals surface area contributed by atoms with E-state index in [9.17, 15) is 5.11 Å². The Bertz CT molecular complexity index is 591. The van der Waals surface area contributed by atoms with Gasteiger partial charge in [-0.05, 0) is 36.0 Å². The molecule has 0 unspecified atom stereocenters. The van der Waals surface area contributed by atoms with Crippen molar-refractivity contribution in [2.24, 2.45) is 0 Å². The maximum atomic E-state index is 9.51. The third kappa shape index (κ3) is 7.55. The van der Waals surface area contributed by atoms with Crippen LogP contribution in [-0.4, -0.2) is 14.7 Å². The second-order valence-corrected chi connectivity index (χ2v) is 6.63. The first-order valence-electron chi connectivity index (χ1n) is 7.18. The number of aryl methyl sites for hydroxylation is 1. The van der Waals surface area contributed by atoms with E-state index in [1.807, 2.05) is 18.2 Å². The highest BCUT2D eigenvalue weighted by molar-refractivity contribution is 7.75. The van der Waals surface area contributed by atoms with Crippen LogP contribution in [0.25, 0.3) is 0 Å². The molecule has 1 heterocycles. The monoisotopic (exact) mass is 342 g/mol. The topological polar surface area (TPSA) is 51.8 Å². The van der Waals surface area contributed by atoms with Crippen molar-refractivity contribution in [3.8, 4) is 5.75 Å². The molecule has 0 bridgehead atoms. The van der Waals surface area contributed by atoms with E-state index in [0.717, 1.165) is 15.8 Å². The Morgan fingerprint density at radius 3 is 2.33 bits per heavy atom. The molecule has 0 fully saturated rings. The fourth-order valence-corrected chi connectivity index (χ4v) is 2.66. The molecule has 2 aromatic rings. The van der Waals surface area contributed by atoms with Gasteiger partial charge in [0.2, 0.25) is 0 Å². The Morgan fingerprint density at radius 2 is 1.81 bits per heavy atom. The summed E-state index contributed by atoms with van der Waals surface area (Å²) in [6, 6.07) is 7.63. The van der Waals surface area contributed by atoms with Gasteiger partial charge in [0.05, 0.1) is 0 Å². The van der Waals surface area contributed by atoms with Gasteiger partial charge in [0.15, 0.2) is 0 Å². The molecule has 1 aromatic carbocycles. The molecule has 0 radical (unpaired) electrons. The van der Waals surface area contributed by atoms with E-state index in [4.69, 9.17) is 24.4 Å². The van der Waals surface area contributed by atoms with Crippen LogP contribution < -0.4 is 0 Å². The minimum Gasteiger partial charge on any atom is -0.508 e. The predicted molar refractivity (Wildman–Crippen MR) is 95.3 cm³/mol. The van der Waals surface area contributed by atoms with E-state index in [2.05, 4.69) is 16.5 Å². The molecule has 0 atom stereocenters. The number of H-pyrrole nitrogens is 2. The van der Waals surface area contributed by atoms with Crippen molar-refractivity contribution in [1.29, 1.82) is 0 Å². The van der Waals surface area contributed by atoms with E-state index in [0.29, 0.717) is 10.4 Å². The maximum absolute atomic E-state index is 9.51. The molecule has 21 heavy (non-hydrogen) atoms. The average molecular weight is 343 g/mol. The second-order valence-electron chi connectivity index (χ2n) is 4.74. The summed E-state index contributed by atoms with van der Waals surface area (Å²) in [5, 5.41) is 12.2. The van der Waals surface area contributed by atoms with Crippen LogP contribution in [-0.2, 0) is 6.42 Å². The number of benzene rings is 1. The number of phenolic OH excluding ortho intramolecular Hbond substituents is 1. The van der Waals surface area contributed by atoms with Crippen LogP contribution in [0.2, 0.25) is 0 Å². The van der Waals surface area contributed by atoms with Crippen molar-refractivity contribution in [2.75, 3.05) is 0 Å². The molecule has 0 aliphatic rings. The quantitative estimate of drug-likeness (QED) is 0.461. The predicted octanol–water partition coefficient (Wildman–Crippen LogP) is 5.77. The number of para-hydroxylation sites is 1. The third-order valence-electron chi connectivity index (χ3n) is 3.03. The van der Waals surface area contributed by atoms with Gasteiger partial charge in [-0.2, -0.15) is 0 Å². The zero-order valence-corrected chi connectivity index (χ0v) is 14.7. The fraction of sp³-hybridized carbons (Fsp3) is 0.467. The average Bonchev–Trinajstić information content (AvgIpc) is 2.85. The van der Waals surface area contributed by atoms with Crippen molar-refractivity contribution >= 4 is 36.0 Å². The van der Waals surface area contributed by atoms with Gasteiger partial charge in [-0.1, -0.05) is 75.2 Å². The Hall–Kier alpha value is -0.980. The minimum atomic E-state index is 0.447. The first-order chi connectivity index (χ1) is 10.1. The number of rotatable bonds is 6. The van der Waals surface area contributed by atoms with E-state index in [-0.39, 0.29) is 0 Å². The number of aromatic hydroxyl groups is 1. The zero-order chi connectivity index (χ0) is 15.5. The molecule has 0 saturated carbocycles. The van der Waals surface area contributed by atoms with Gasteiger partial charge < -0.3 is 5.11 Å². The lowest BCUT2D eigenvalue weighted by molar-refractivity contribution is 0.466. The van der Waals surface area contributed by atoms with Crippen molar-refractivity contribution in [3.05, 3.63) is 38.3 Å². The minimum absolute atomic E-state index is 0.447. The lowest BCUT2D eigenvalue weighted by Crippen LogP contribution is -1.86. The number of nitrogens with one attached hydrogen (secondary N) is 2. The van der Waals surface area contributed by atoms with E-state index in [1.165, 1.54) is 43.6 Å². The third-order valence-corrected chi connectivity index (χ3v) is 4.65. The van der Waals surface area contributed by atoms with Gasteiger partial charge in [-0.25, -0.2) is 0 Å². The smallest absolute Gasteiger partial charge is 0.148 e. The summed E-state index contributed by atoms with van der Waals surface area (Å²) in [5.74, 6) is 0.447. The van der Waals surface area contributed by atoms with Crippen LogP contribution in [0.4, 0.5) is 0 Å². The molecule has 116 valence electrons. The molecule has 0 aliphatic heterocycles. The first-order valence-corrected chi connectivity index (χ1v) is 8.81. The Morgan fingerprint density at radius 1 is 1.10 bits per heavy atom. The van der Waals surface area contributed by atoms with Gasteiger partial charge in [0.25, 0.3) is 0 Å².